The summed E-state index contributed by atoms with van der Waals surface area (Å²) in [5.74, 6) is 5.58. The molecule has 2 aliphatic carbocycles. The Hall–Kier alpha value is -2.33. The summed E-state index contributed by atoms with van der Waals surface area (Å²) in [6.45, 7) is 2.12. The molecule has 2 saturated carbocycles. The molecule has 0 bridgehead atoms. The van der Waals surface area contributed by atoms with E-state index in [1.54, 1.807) is 7.11 Å². The molecule has 3 N–H and O–H groups in total. The maximum absolute atomic E-state index is 10.8. The Labute approximate surface area is 177 Å². The van der Waals surface area contributed by atoms with Crippen molar-refractivity contribution < 1.29 is 29.6 Å². The van der Waals surface area contributed by atoms with Crippen molar-refractivity contribution in [3.63, 3.8) is 0 Å². The van der Waals surface area contributed by atoms with Gasteiger partial charge in [-0.15, -0.1) is 0 Å². The fourth-order valence-electron chi connectivity index (χ4n) is 4.95. The molecule has 6 heteroatoms. The van der Waals surface area contributed by atoms with E-state index < -0.39 is 23.8 Å². The molecule has 0 aromatic heterocycles. The Morgan fingerprint density at radius 3 is 2.77 bits per heavy atom. The van der Waals surface area contributed by atoms with E-state index in [1.165, 1.54) is 0 Å². The molecule has 0 heterocycles. The van der Waals surface area contributed by atoms with Crippen LogP contribution >= 0.6 is 0 Å². The summed E-state index contributed by atoms with van der Waals surface area (Å²) >= 11 is 0. The van der Waals surface area contributed by atoms with Crippen LogP contribution in [-0.2, 0) is 9.53 Å². The zero-order chi connectivity index (χ0) is 21.7. The number of benzene rings is 1. The normalized spacial score (nSPS) is 32.3. The zero-order valence-electron chi connectivity index (χ0n) is 17.5. The molecule has 2 fully saturated rings. The number of aliphatic hydroxyl groups excluding tert-OH is 2. The third kappa shape index (κ3) is 4.54. The summed E-state index contributed by atoms with van der Waals surface area (Å²) in [7, 11) is 1.66. The predicted octanol–water partition coefficient (Wildman–Crippen LogP) is 2.64. The second kappa shape index (κ2) is 9.65. The standard InChI is InChI=1S/C24H30O6/c1-16-20(9-6-10-22(27)28)24(29-2)14-13-21(26)19(23(16)24)12-11-17(25)15-30-18-7-4-3-5-8-18/h3-5,7-9,16-17,19,21,23,25-26H,6,10,13-15H2,1-2H3,(H,27,28). The first-order valence-electron chi connectivity index (χ1n) is 10.4. The minimum atomic E-state index is -0.961. The molecule has 0 aliphatic heterocycles. The van der Waals surface area contributed by atoms with Crippen LogP contribution in [0, 0.1) is 29.6 Å². The third-order valence-electron chi connectivity index (χ3n) is 6.32. The Morgan fingerprint density at radius 2 is 2.10 bits per heavy atom. The monoisotopic (exact) mass is 414 g/mol. The number of carboxylic acids is 1. The minimum Gasteiger partial charge on any atom is -0.490 e. The van der Waals surface area contributed by atoms with Gasteiger partial charge in [0.25, 0.3) is 0 Å². The molecule has 30 heavy (non-hydrogen) atoms. The van der Waals surface area contributed by atoms with Crippen LogP contribution in [0.1, 0.15) is 32.6 Å². The molecular weight excluding hydrogens is 384 g/mol. The molecule has 0 radical (unpaired) electrons. The predicted molar refractivity (Wildman–Crippen MR) is 112 cm³/mol. The van der Waals surface area contributed by atoms with Crippen LogP contribution in [0.15, 0.2) is 42.0 Å². The number of rotatable bonds is 7. The van der Waals surface area contributed by atoms with Gasteiger partial charge in [0.15, 0.2) is 0 Å². The van der Waals surface area contributed by atoms with Crippen molar-refractivity contribution in [3.8, 4) is 17.6 Å². The van der Waals surface area contributed by atoms with Crippen molar-refractivity contribution in [1.82, 2.24) is 0 Å². The van der Waals surface area contributed by atoms with Crippen molar-refractivity contribution >= 4 is 5.97 Å². The van der Waals surface area contributed by atoms with Gasteiger partial charge in [-0.3, -0.25) is 4.79 Å². The van der Waals surface area contributed by atoms with E-state index in [2.05, 4.69) is 18.8 Å². The summed E-state index contributed by atoms with van der Waals surface area (Å²) in [4.78, 5) is 10.8. The Morgan fingerprint density at radius 1 is 1.37 bits per heavy atom. The van der Waals surface area contributed by atoms with E-state index in [9.17, 15) is 15.0 Å². The van der Waals surface area contributed by atoms with Gasteiger partial charge in [-0.2, -0.15) is 0 Å². The molecule has 1 aromatic rings. The quantitative estimate of drug-likeness (QED) is 0.469. The highest BCUT2D eigenvalue weighted by Crippen LogP contribution is 2.60. The van der Waals surface area contributed by atoms with Gasteiger partial charge in [-0.25, -0.2) is 0 Å². The first-order valence-corrected chi connectivity index (χ1v) is 10.4. The molecular formula is C24H30O6. The number of carboxylic acid groups (broad SMARTS) is 1. The Kier molecular flexibility index (Phi) is 7.19. The molecule has 2 aliphatic rings. The van der Waals surface area contributed by atoms with Crippen LogP contribution in [-0.4, -0.2) is 52.8 Å². The van der Waals surface area contributed by atoms with Crippen LogP contribution < -0.4 is 4.74 Å². The average molecular weight is 414 g/mol. The third-order valence-corrected chi connectivity index (χ3v) is 6.32. The molecule has 1 aromatic carbocycles. The molecule has 0 spiro atoms. The van der Waals surface area contributed by atoms with Gasteiger partial charge in [0.05, 0.1) is 17.6 Å². The highest BCUT2D eigenvalue weighted by Gasteiger charge is 2.62. The van der Waals surface area contributed by atoms with Crippen molar-refractivity contribution in [1.29, 1.82) is 0 Å². The van der Waals surface area contributed by atoms with E-state index in [0.717, 1.165) is 5.57 Å². The zero-order valence-corrected chi connectivity index (χ0v) is 17.5. The Balaban J connectivity index is 1.69. The van der Waals surface area contributed by atoms with Gasteiger partial charge >= 0.3 is 5.97 Å². The molecule has 3 rings (SSSR count). The van der Waals surface area contributed by atoms with E-state index in [-0.39, 0.29) is 30.8 Å². The highest BCUT2D eigenvalue weighted by molar-refractivity contribution is 5.66. The van der Waals surface area contributed by atoms with E-state index in [4.69, 9.17) is 14.6 Å². The maximum Gasteiger partial charge on any atom is 0.303 e. The number of aliphatic carboxylic acids is 1. The van der Waals surface area contributed by atoms with Crippen molar-refractivity contribution in [2.24, 2.45) is 17.8 Å². The highest BCUT2D eigenvalue weighted by atomic mass is 16.5. The number of methoxy groups -OCH3 is 1. The second-order valence-corrected chi connectivity index (χ2v) is 8.06. The summed E-state index contributed by atoms with van der Waals surface area (Å²) in [5, 5.41) is 29.7. The smallest absolute Gasteiger partial charge is 0.303 e. The number of hydrogen-bond donors (Lipinski definition) is 3. The number of ether oxygens (including phenoxy) is 2. The van der Waals surface area contributed by atoms with Gasteiger partial charge in [0.2, 0.25) is 0 Å². The molecule has 0 amide bonds. The topological polar surface area (TPSA) is 96.2 Å². The SMILES string of the molecule is COC12CCC(O)C(C#CC(O)COc3ccccc3)C1C(C)C2=CCCC(=O)O. The number of carbonyl (C=O) groups is 1. The number of para-hydroxylation sites is 1. The van der Waals surface area contributed by atoms with Crippen LogP contribution in [0.2, 0.25) is 0 Å². The molecule has 6 nitrogen and oxygen atoms in total. The maximum atomic E-state index is 10.8. The lowest BCUT2D eigenvalue weighted by Crippen LogP contribution is -2.64. The summed E-state index contributed by atoms with van der Waals surface area (Å²) in [6, 6.07) is 9.23. The summed E-state index contributed by atoms with van der Waals surface area (Å²) in [6.07, 6.45) is 2.19. The minimum absolute atomic E-state index is 0.00271. The second-order valence-electron chi connectivity index (χ2n) is 8.06. The molecule has 6 atom stereocenters. The average Bonchev–Trinajstić information content (AvgIpc) is 2.74. The largest absolute Gasteiger partial charge is 0.490 e. The number of aliphatic hydroxyl groups is 2. The van der Waals surface area contributed by atoms with Crippen LogP contribution in [0.5, 0.6) is 5.75 Å². The van der Waals surface area contributed by atoms with E-state index >= 15 is 0 Å². The number of hydrogen-bond acceptors (Lipinski definition) is 5. The fraction of sp³-hybridized carbons (Fsp3) is 0.542. The van der Waals surface area contributed by atoms with Crippen molar-refractivity contribution in [2.75, 3.05) is 13.7 Å². The van der Waals surface area contributed by atoms with Gasteiger partial charge < -0.3 is 24.8 Å². The van der Waals surface area contributed by atoms with Crippen molar-refractivity contribution in [3.05, 3.63) is 42.0 Å². The summed E-state index contributed by atoms with van der Waals surface area (Å²) in [5.41, 5.74) is 0.588. The molecule has 0 saturated heterocycles. The van der Waals surface area contributed by atoms with Gasteiger partial charge in [-0.1, -0.05) is 43.0 Å². The van der Waals surface area contributed by atoms with Crippen LogP contribution in [0.25, 0.3) is 0 Å². The van der Waals surface area contributed by atoms with E-state index in [0.29, 0.717) is 25.0 Å². The molecule has 162 valence electrons. The van der Waals surface area contributed by atoms with Crippen LogP contribution in [0.4, 0.5) is 0 Å². The lowest BCUT2D eigenvalue weighted by Gasteiger charge is -2.61. The number of allylic oxidation sites excluding steroid dienone is 1. The lowest BCUT2D eigenvalue weighted by molar-refractivity contribution is -0.162. The van der Waals surface area contributed by atoms with Crippen molar-refractivity contribution in [2.45, 2.75) is 50.4 Å². The van der Waals surface area contributed by atoms with Gasteiger partial charge in [0, 0.05) is 19.4 Å². The van der Waals surface area contributed by atoms with Gasteiger partial charge in [-0.05, 0) is 42.9 Å². The summed E-state index contributed by atoms with van der Waals surface area (Å²) < 4.78 is 11.5. The first kappa shape index (κ1) is 22.4. The number of fused-ring (bicyclic) bond motifs is 1. The Bertz CT molecular complexity index is 823. The van der Waals surface area contributed by atoms with E-state index in [1.807, 2.05) is 36.4 Å². The lowest BCUT2D eigenvalue weighted by atomic mass is 9.48. The van der Waals surface area contributed by atoms with Crippen LogP contribution in [0.3, 0.4) is 0 Å². The molecule has 6 unspecified atom stereocenters. The fourth-order valence-corrected chi connectivity index (χ4v) is 4.95. The first-order chi connectivity index (χ1) is 14.4. The van der Waals surface area contributed by atoms with Gasteiger partial charge in [0.1, 0.15) is 18.5 Å².